The number of amides is 3. The third kappa shape index (κ3) is 13.5. The van der Waals surface area contributed by atoms with E-state index in [-0.39, 0.29) is 12.5 Å². The summed E-state index contributed by atoms with van der Waals surface area (Å²) >= 11 is 0. The molecule has 4 N–H and O–H groups in total. The van der Waals surface area contributed by atoms with Crippen molar-refractivity contribution in [1.82, 2.24) is 16.0 Å². The average Bonchev–Trinajstić information content (AvgIpc) is 3.33. The number of esters is 3. The molecule has 2 aromatic rings. The van der Waals surface area contributed by atoms with E-state index in [0.717, 1.165) is 22.3 Å². The molecule has 1 aliphatic carbocycles. The lowest BCUT2D eigenvalue weighted by Crippen LogP contribution is -2.57. The van der Waals surface area contributed by atoms with Crippen LogP contribution in [0.3, 0.4) is 0 Å². The van der Waals surface area contributed by atoms with E-state index in [4.69, 9.17) is 18.9 Å². The van der Waals surface area contributed by atoms with Crippen LogP contribution in [-0.2, 0) is 47.7 Å². The van der Waals surface area contributed by atoms with Gasteiger partial charge < -0.3 is 40.0 Å². The Morgan fingerprint density at radius 3 is 1.31 bits per heavy atom. The van der Waals surface area contributed by atoms with Crippen LogP contribution in [0.25, 0.3) is 11.1 Å². The normalized spacial score (nSPS) is 14.2. The van der Waals surface area contributed by atoms with E-state index in [0.29, 0.717) is 0 Å². The topological polar surface area (TPSA) is 213 Å². The summed E-state index contributed by atoms with van der Waals surface area (Å²) in [6, 6.07) is 10.1. The predicted molar refractivity (Wildman–Crippen MR) is 195 cm³/mol. The van der Waals surface area contributed by atoms with Gasteiger partial charge in [-0.1, -0.05) is 48.5 Å². The zero-order valence-electron chi connectivity index (χ0n) is 32.2. The van der Waals surface area contributed by atoms with Crippen molar-refractivity contribution in [3.8, 4) is 11.1 Å². The van der Waals surface area contributed by atoms with Crippen LogP contribution in [0.5, 0.6) is 0 Å². The molecule has 0 unspecified atom stereocenters. The standard InChI is InChI=1S/C39H51N3O12/c1-37(2,3)52-30(43)18-27(33(46)41-29(35(48)49)20-32(45)54-39(7,8)9)40-34(47)28(19-31(44)53-38(4,5)6)42-36(50)51-21-26-24-16-12-10-14-22(24)23-15-11-13-17-25(23)26/h10-17,26-29H,18-21H2,1-9H3,(H,40,47)(H,41,46)(H,42,50)(H,48,49)/t27-,28-,29-/m0/s1. The maximum atomic E-state index is 13.8. The number of benzene rings is 2. The van der Waals surface area contributed by atoms with Gasteiger partial charge in [-0.25, -0.2) is 9.59 Å². The number of ether oxygens (including phenoxy) is 4. The van der Waals surface area contributed by atoms with Gasteiger partial charge in [0.2, 0.25) is 11.8 Å². The van der Waals surface area contributed by atoms with Crippen molar-refractivity contribution >= 4 is 41.8 Å². The molecular formula is C39H51N3O12. The lowest BCUT2D eigenvalue weighted by molar-refractivity contribution is -0.160. The van der Waals surface area contributed by atoms with Gasteiger partial charge in [0.1, 0.15) is 41.5 Å². The first-order valence-corrected chi connectivity index (χ1v) is 17.5. The van der Waals surface area contributed by atoms with Crippen LogP contribution >= 0.6 is 0 Å². The summed E-state index contributed by atoms with van der Waals surface area (Å²) < 4.78 is 21.4. The van der Waals surface area contributed by atoms with Crippen molar-refractivity contribution < 1.29 is 57.6 Å². The van der Waals surface area contributed by atoms with Gasteiger partial charge >= 0.3 is 30.0 Å². The van der Waals surface area contributed by atoms with Crippen molar-refractivity contribution in [1.29, 1.82) is 0 Å². The lowest BCUT2D eigenvalue weighted by Gasteiger charge is -2.26. The Morgan fingerprint density at radius 2 is 0.926 bits per heavy atom. The highest BCUT2D eigenvalue weighted by atomic mass is 16.6. The Morgan fingerprint density at radius 1 is 0.574 bits per heavy atom. The average molecular weight is 754 g/mol. The molecule has 294 valence electrons. The highest BCUT2D eigenvalue weighted by molar-refractivity contribution is 5.96. The number of fused-ring (bicyclic) bond motifs is 3. The number of carbonyl (C=O) groups excluding carboxylic acids is 6. The number of nitrogens with one attached hydrogen (secondary N) is 3. The fourth-order valence-corrected chi connectivity index (χ4v) is 5.60. The SMILES string of the molecule is CC(C)(C)OC(=O)C[C@H](NC(=O)[C@H](CC(=O)OC(C)(C)C)NC(=O)[C@H](CC(=O)OC(C)(C)C)NC(=O)OCC1c2ccccc2-c2ccccc21)C(=O)O. The molecule has 0 aliphatic heterocycles. The highest BCUT2D eigenvalue weighted by Crippen LogP contribution is 2.44. The first kappa shape index (κ1) is 42.9. The minimum Gasteiger partial charge on any atom is -0.480 e. The molecule has 15 nitrogen and oxygen atoms in total. The third-order valence-corrected chi connectivity index (χ3v) is 7.57. The van der Waals surface area contributed by atoms with E-state index in [2.05, 4.69) is 16.0 Å². The lowest BCUT2D eigenvalue weighted by atomic mass is 9.98. The number of rotatable bonds is 14. The largest absolute Gasteiger partial charge is 0.480 e. The Hall–Kier alpha value is -5.47. The number of hydrogen-bond acceptors (Lipinski definition) is 11. The fourth-order valence-electron chi connectivity index (χ4n) is 5.60. The fraction of sp³-hybridized carbons (Fsp3) is 0.513. The maximum Gasteiger partial charge on any atom is 0.407 e. The number of carboxylic acids is 1. The minimum absolute atomic E-state index is 0.113. The van der Waals surface area contributed by atoms with Gasteiger partial charge in [0.25, 0.3) is 0 Å². The molecule has 3 amide bonds. The first-order valence-electron chi connectivity index (χ1n) is 17.5. The predicted octanol–water partition coefficient (Wildman–Crippen LogP) is 4.14. The second-order valence-corrected chi connectivity index (χ2v) is 15.9. The van der Waals surface area contributed by atoms with Crippen molar-refractivity contribution in [2.24, 2.45) is 0 Å². The van der Waals surface area contributed by atoms with Crippen LogP contribution in [0.2, 0.25) is 0 Å². The Labute approximate surface area is 314 Å². The van der Waals surface area contributed by atoms with E-state index in [1.54, 1.807) is 62.3 Å². The molecule has 0 aromatic heterocycles. The minimum atomic E-state index is -1.80. The first-order chi connectivity index (χ1) is 24.9. The Balaban J connectivity index is 1.84. The van der Waals surface area contributed by atoms with Gasteiger partial charge in [-0.2, -0.15) is 0 Å². The Bertz CT molecular complexity index is 1690. The molecule has 1 aliphatic rings. The van der Waals surface area contributed by atoms with Crippen LogP contribution < -0.4 is 16.0 Å². The molecule has 0 heterocycles. The summed E-state index contributed by atoms with van der Waals surface area (Å²) in [5.74, 6) is -6.90. The summed E-state index contributed by atoms with van der Waals surface area (Å²) in [4.78, 5) is 90.8. The quantitative estimate of drug-likeness (QED) is 0.158. The van der Waals surface area contributed by atoms with Gasteiger partial charge in [0.15, 0.2) is 0 Å². The molecule has 0 radical (unpaired) electrons. The molecule has 0 saturated heterocycles. The zero-order chi connectivity index (χ0) is 40.6. The van der Waals surface area contributed by atoms with Gasteiger partial charge in [-0.05, 0) is 84.6 Å². The number of carboxylic acid groups (broad SMARTS) is 1. The summed E-state index contributed by atoms with van der Waals surface area (Å²) in [5, 5.41) is 16.6. The molecule has 0 saturated carbocycles. The number of alkyl carbamates (subject to hydrolysis) is 1. The summed E-state index contributed by atoms with van der Waals surface area (Å²) in [6.45, 7) is 14.2. The van der Waals surface area contributed by atoms with Gasteiger partial charge in [0.05, 0.1) is 19.3 Å². The van der Waals surface area contributed by atoms with Gasteiger partial charge in [-0.15, -0.1) is 0 Å². The van der Waals surface area contributed by atoms with Crippen molar-refractivity contribution in [2.45, 2.75) is 122 Å². The van der Waals surface area contributed by atoms with Crippen LogP contribution in [0.1, 0.15) is 98.6 Å². The third-order valence-electron chi connectivity index (χ3n) is 7.57. The number of aliphatic carboxylic acids is 1. The monoisotopic (exact) mass is 753 g/mol. The molecule has 3 atom stereocenters. The van der Waals surface area contributed by atoms with E-state index < -0.39 is 96.0 Å². The van der Waals surface area contributed by atoms with Crippen molar-refractivity contribution in [2.75, 3.05) is 6.61 Å². The van der Waals surface area contributed by atoms with Crippen molar-refractivity contribution in [3.05, 3.63) is 59.7 Å². The second kappa shape index (κ2) is 17.6. The van der Waals surface area contributed by atoms with Gasteiger partial charge in [-0.3, -0.25) is 24.0 Å². The van der Waals surface area contributed by atoms with E-state index in [1.165, 1.54) is 0 Å². The Kier molecular flexibility index (Phi) is 14.0. The number of hydrogen-bond donors (Lipinski definition) is 4. The second-order valence-electron chi connectivity index (χ2n) is 15.9. The van der Waals surface area contributed by atoms with Crippen molar-refractivity contribution in [3.63, 3.8) is 0 Å². The molecule has 54 heavy (non-hydrogen) atoms. The molecule has 15 heteroatoms. The van der Waals surface area contributed by atoms with Crippen LogP contribution in [-0.4, -0.2) is 88.4 Å². The molecule has 0 fully saturated rings. The summed E-state index contributed by atoms with van der Waals surface area (Å²) in [5.41, 5.74) is 0.980. The maximum absolute atomic E-state index is 13.8. The molecule has 0 bridgehead atoms. The van der Waals surface area contributed by atoms with Gasteiger partial charge in [0, 0.05) is 5.92 Å². The smallest absolute Gasteiger partial charge is 0.407 e. The number of carbonyl (C=O) groups is 7. The molecule has 0 spiro atoms. The van der Waals surface area contributed by atoms with E-state index >= 15 is 0 Å². The van der Waals surface area contributed by atoms with E-state index in [9.17, 15) is 38.7 Å². The molecular weight excluding hydrogens is 702 g/mol. The highest BCUT2D eigenvalue weighted by Gasteiger charge is 2.36. The zero-order valence-corrected chi connectivity index (χ0v) is 32.2. The molecule has 3 rings (SSSR count). The summed E-state index contributed by atoms with van der Waals surface area (Å²) in [6.07, 6.45) is -3.31. The van der Waals surface area contributed by atoms with Crippen LogP contribution in [0, 0.1) is 0 Å². The summed E-state index contributed by atoms with van der Waals surface area (Å²) in [7, 11) is 0. The van der Waals surface area contributed by atoms with Crippen LogP contribution in [0.15, 0.2) is 48.5 Å². The molecule has 2 aromatic carbocycles. The van der Waals surface area contributed by atoms with E-state index in [1.807, 2.05) is 48.5 Å². The van der Waals surface area contributed by atoms with Crippen LogP contribution in [0.4, 0.5) is 4.79 Å².